The summed E-state index contributed by atoms with van der Waals surface area (Å²) in [7, 11) is -5.19. The van der Waals surface area contributed by atoms with Crippen molar-refractivity contribution in [1.29, 1.82) is 0 Å². The summed E-state index contributed by atoms with van der Waals surface area (Å²) in [5, 5.41) is 80.2. The normalized spacial score (nSPS) is 23.7. The molecule has 16 nitrogen and oxygen atoms in total. The van der Waals surface area contributed by atoms with Crippen molar-refractivity contribution in [1.82, 2.24) is 0 Å². The fourth-order valence-electron chi connectivity index (χ4n) is 6.52. The van der Waals surface area contributed by atoms with Crippen molar-refractivity contribution < 1.29 is 78.4 Å². The van der Waals surface area contributed by atoms with Gasteiger partial charge in [-0.1, -0.05) is 164 Å². The van der Waals surface area contributed by atoms with E-state index in [0.29, 0.717) is 12.8 Å². The second-order valence-electron chi connectivity index (χ2n) is 16.1. The van der Waals surface area contributed by atoms with Crippen molar-refractivity contribution in [3.63, 3.8) is 0 Å². The first-order valence-corrected chi connectivity index (χ1v) is 24.6. The maximum absolute atomic E-state index is 12.8. The van der Waals surface area contributed by atoms with E-state index >= 15 is 0 Å². The molecule has 64 heavy (non-hydrogen) atoms. The van der Waals surface area contributed by atoms with Crippen molar-refractivity contribution in [3.8, 4) is 0 Å². The van der Waals surface area contributed by atoms with E-state index in [1.165, 1.54) is 57.4 Å². The summed E-state index contributed by atoms with van der Waals surface area (Å²) in [4.78, 5) is 35.7. The zero-order valence-electron chi connectivity index (χ0n) is 37.9. The molecule has 0 aliphatic heterocycles. The lowest BCUT2D eigenvalue weighted by molar-refractivity contribution is -0.220. The molecule has 0 aromatic heterocycles. The molecule has 1 rings (SSSR count). The van der Waals surface area contributed by atoms with Gasteiger partial charge in [-0.3, -0.25) is 18.6 Å². The van der Waals surface area contributed by atoms with E-state index in [1.54, 1.807) is 54.7 Å². The Morgan fingerprint density at radius 3 is 1.69 bits per heavy atom. The highest BCUT2D eigenvalue weighted by molar-refractivity contribution is 7.47. The molecule has 9 N–H and O–H groups in total. The number of carbonyl (C=O) groups excluding carboxylic acids is 2. The SMILES string of the molecule is CC/C=C\CC(O)C(O)/C=C/C=C\C=C\C=C\C(O)C/C=C/CCC(=O)OC(COC(=O)CCCCCCCCCCCCCCC)COP(=O)(O)OC1C(O)C(O)C(O)C(O)C1O. The standard InChI is InChI=1S/C47H79O16P/c1-3-5-7-8-9-10-11-12-13-14-15-20-26-32-40(51)60-34-37(35-61-64(58,59)63-47-45(56)43(54)42(53)44(55)46(47)57)62-41(52)33-27-21-24-29-36(48)28-23-18-16-17-19-25-31-39(50)38(49)30-22-6-4-2/h6,16-19,21-25,28,31,36-39,42-50,53-57H,3-5,7-15,20,26-27,29-30,32-35H2,1-2H3,(H,58,59)/b18-16+,19-17-,22-6-,24-21+,28-23+,31-25+. The van der Waals surface area contributed by atoms with Crippen LogP contribution in [0.2, 0.25) is 0 Å². The van der Waals surface area contributed by atoms with Gasteiger partial charge in [-0.15, -0.1) is 0 Å². The Balaban J connectivity index is 2.61. The van der Waals surface area contributed by atoms with Crippen molar-refractivity contribution in [3.05, 3.63) is 72.9 Å². The molecule has 0 saturated heterocycles. The molecule has 0 aromatic rings. The lowest BCUT2D eigenvalue weighted by Crippen LogP contribution is -2.64. The summed E-state index contributed by atoms with van der Waals surface area (Å²) in [5.74, 6) is -1.33. The van der Waals surface area contributed by atoms with Gasteiger partial charge in [0.05, 0.1) is 24.9 Å². The van der Waals surface area contributed by atoms with Gasteiger partial charge in [0.15, 0.2) is 6.10 Å². The maximum atomic E-state index is 12.8. The number of hydrogen-bond acceptors (Lipinski definition) is 15. The Bertz CT molecular complexity index is 1450. The third-order valence-electron chi connectivity index (χ3n) is 10.4. The third-order valence-corrected chi connectivity index (χ3v) is 11.4. The molecule has 1 aliphatic rings. The highest BCUT2D eigenvalue weighted by Crippen LogP contribution is 2.47. The largest absolute Gasteiger partial charge is 0.472 e. The average molecular weight is 931 g/mol. The summed E-state index contributed by atoms with van der Waals surface area (Å²) in [6.45, 7) is 2.85. The number of carbonyl (C=O) groups is 2. The van der Waals surface area contributed by atoms with Crippen LogP contribution in [0.1, 0.15) is 136 Å². The van der Waals surface area contributed by atoms with E-state index < -0.39 is 94.0 Å². The molecule has 9 unspecified atom stereocenters. The number of hydrogen-bond donors (Lipinski definition) is 9. The molecule has 0 radical (unpaired) electrons. The number of ether oxygens (including phenoxy) is 2. The first-order chi connectivity index (χ1) is 30.6. The van der Waals surface area contributed by atoms with Crippen molar-refractivity contribution in [2.24, 2.45) is 0 Å². The van der Waals surface area contributed by atoms with Crippen LogP contribution in [0.4, 0.5) is 0 Å². The summed E-state index contributed by atoms with van der Waals surface area (Å²) in [6, 6.07) is 0. The van der Waals surface area contributed by atoms with Crippen LogP contribution in [0.3, 0.4) is 0 Å². The lowest BCUT2D eigenvalue weighted by Gasteiger charge is -2.41. The first kappa shape index (κ1) is 59.2. The molecule has 17 heteroatoms. The number of esters is 2. The average Bonchev–Trinajstić information content (AvgIpc) is 3.26. The van der Waals surface area contributed by atoms with E-state index in [9.17, 15) is 59.9 Å². The smallest absolute Gasteiger partial charge is 0.462 e. The van der Waals surface area contributed by atoms with Gasteiger partial charge in [0.25, 0.3) is 0 Å². The Labute approximate surface area is 380 Å². The van der Waals surface area contributed by atoms with Crippen LogP contribution in [0.25, 0.3) is 0 Å². The van der Waals surface area contributed by atoms with E-state index in [2.05, 4.69) is 6.92 Å². The Morgan fingerprint density at radius 2 is 1.11 bits per heavy atom. The molecular weight excluding hydrogens is 851 g/mol. The van der Waals surface area contributed by atoms with Crippen LogP contribution in [0.15, 0.2) is 72.9 Å². The molecule has 368 valence electrons. The molecule has 1 aliphatic carbocycles. The quantitative estimate of drug-likeness (QED) is 0.0121. The number of unbranched alkanes of at least 4 members (excludes halogenated alkanes) is 12. The van der Waals surface area contributed by atoms with E-state index in [4.69, 9.17) is 18.5 Å². The van der Waals surface area contributed by atoms with Gasteiger partial charge >= 0.3 is 19.8 Å². The number of phosphoric acid groups is 1. The number of aliphatic hydroxyl groups excluding tert-OH is 8. The highest BCUT2D eigenvalue weighted by Gasteiger charge is 2.51. The Hall–Kier alpha value is -2.83. The number of aliphatic hydroxyl groups is 8. The van der Waals surface area contributed by atoms with Crippen molar-refractivity contribution in [2.45, 2.75) is 197 Å². The lowest BCUT2D eigenvalue weighted by atomic mass is 9.85. The third kappa shape index (κ3) is 28.3. The zero-order valence-corrected chi connectivity index (χ0v) is 38.8. The fraction of sp³-hybridized carbons (Fsp3) is 0.702. The van der Waals surface area contributed by atoms with Gasteiger partial charge in [-0.05, 0) is 32.1 Å². The number of allylic oxidation sites excluding steroid dienone is 8. The molecule has 0 amide bonds. The second-order valence-corrected chi connectivity index (χ2v) is 17.5. The molecule has 0 heterocycles. The van der Waals surface area contributed by atoms with Crippen molar-refractivity contribution >= 4 is 19.8 Å². The van der Waals surface area contributed by atoms with Crippen LogP contribution in [-0.2, 0) is 32.7 Å². The van der Waals surface area contributed by atoms with E-state index in [-0.39, 0.29) is 25.7 Å². The van der Waals surface area contributed by atoms with Crippen LogP contribution in [0, 0.1) is 0 Å². The number of phosphoric ester groups is 1. The van der Waals surface area contributed by atoms with E-state index in [0.717, 1.165) is 32.1 Å². The summed E-state index contributed by atoms with van der Waals surface area (Å²) < 4.78 is 33.3. The molecule has 0 aromatic carbocycles. The minimum absolute atomic E-state index is 0.113. The summed E-state index contributed by atoms with van der Waals surface area (Å²) >= 11 is 0. The van der Waals surface area contributed by atoms with Crippen LogP contribution in [0.5, 0.6) is 0 Å². The molecule has 9 atom stereocenters. The second kappa shape index (κ2) is 36.3. The summed E-state index contributed by atoms with van der Waals surface area (Å²) in [5.41, 5.74) is 0. The van der Waals surface area contributed by atoms with Gasteiger partial charge < -0.3 is 55.2 Å². The fourth-order valence-corrected chi connectivity index (χ4v) is 7.49. The molecule has 1 saturated carbocycles. The molecule has 0 spiro atoms. The topological polar surface area (TPSA) is 270 Å². The molecule has 0 bridgehead atoms. The minimum atomic E-state index is -5.19. The zero-order chi connectivity index (χ0) is 47.6. The molecule has 1 fully saturated rings. The predicted octanol–water partition coefficient (Wildman–Crippen LogP) is 5.63. The van der Waals surface area contributed by atoms with Gasteiger partial charge in [0.1, 0.15) is 43.2 Å². The highest BCUT2D eigenvalue weighted by atomic mass is 31.2. The number of rotatable bonds is 36. The minimum Gasteiger partial charge on any atom is -0.462 e. The van der Waals surface area contributed by atoms with Crippen LogP contribution in [-0.4, -0.2) is 132 Å². The van der Waals surface area contributed by atoms with Gasteiger partial charge in [-0.2, -0.15) is 0 Å². The monoisotopic (exact) mass is 931 g/mol. The Morgan fingerprint density at radius 1 is 0.594 bits per heavy atom. The predicted molar refractivity (Wildman–Crippen MR) is 243 cm³/mol. The van der Waals surface area contributed by atoms with Crippen LogP contribution >= 0.6 is 7.82 Å². The Kier molecular flexibility index (Phi) is 33.6. The van der Waals surface area contributed by atoms with Crippen LogP contribution < -0.4 is 0 Å². The van der Waals surface area contributed by atoms with Gasteiger partial charge in [-0.25, -0.2) is 4.57 Å². The first-order valence-electron chi connectivity index (χ1n) is 23.1. The summed E-state index contributed by atoms with van der Waals surface area (Å²) in [6.07, 6.45) is 20.5. The van der Waals surface area contributed by atoms with Crippen molar-refractivity contribution in [2.75, 3.05) is 13.2 Å². The van der Waals surface area contributed by atoms with Gasteiger partial charge in [0, 0.05) is 12.8 Å². The maximum Gasteiger partial charge on any atom is 0.472 e. The van der Waals surface area contributed by atoms with Gasteiger partial charge in [0.2, 0.25) is 0 Å². The molecular formula is C47H79O16P. The van der Waals surface area contributed by atoms with E-state index in [1.807, 2.05) is 19.1 Å².